The maximum absolute atomic E-state index is 12.2. The van der Waals surface area contributed by atoms with E-state index in [4.69, 9.17) is 9.47 Å². The molecule has 2 aliphatic heterocycles. The Labute approximate surface area is 108 Å². The molecule has 0 bridgehead atoms. The molecule has 5 heteroatoms. The van der Waals surface area contributed by atoms with E-state index in [0.29, 0.717) is 5.92 Å². The van der Waals surface area contributed by atoms with Gasteiger partial charge in [0, 0.05) is 20.3 Å². The van der Waals surface area contributed by atoms with Crippen molar-refractivity contribution in [2.24, 2.45) is 5.92 Å². The summed E-state index contributed by atoms with van der Waals surface area (Å²) in [7, 11) is 1.70. The van der Waals surface area contributed by atoms with E-state index in [1.165, 1.54) is 12.8 Å². The lowest BCUT2D eigenvalue weighted by Gasteiger charge is -2.21. The number of carbonyl (C=O) groups excluding carboxylic acids is 1. The van der Waals surface area contributed by atoms with Gasteiger partial charge in [-0.2, -0.15) is 0 Å². The third-order valence-electron chi connectivity index (χ3n) is 4.29. The van der Waals surface area contributed by atoms with Crippen LogP contribution < -0.4 is 10.6 Å². The zero-order chi connectivity index (χ0) is 12.5. The van der Waals surface area contributed by atoms with E-state index in [0.717, 1.165) is 26.0 Å². The van der Waals surface area contributed by atoms with Crippen LogP contribution >= 0.6 is 0 Å². The Morgan fingerprint density at radius 2 is 2.22 bits per heavy atom. The topological polar surface area (TPSA) is 59.6 Å². The van der Waals surface area contributed by atoms with Gasteiger partial charge in [0.05, 0.1) is 24.3 Å². The van der Waals surface area contributed by atoms with Gasteiger partial charge < -0.3 is 20.1 Å². The van der Waals surface area contributed by atoms with Gasteiger partial charge in [-0.15, -0.1) is 0 Å². The molecule has 3 fully saturated rings. The van der Waals surface area contributed by atoms with E-state index in [9.17, 15) is 4.79 Å². The molecular formula is C13H22N2O3. The summed E-state index contributed by atoms with van der Waals surface area (Å²) >= 11 is 0. The number of ether oxygens (including phenoxy) is 2. The van der Waals surface area contributed by atoms with Crippen molar-refractivity contribution in [3.63, 3.8) is 0 Å². The lowest BCUT2D eigenvalue weighted by Crippen LogP contribution is -2.48. The maximum atomic E-state index is 12.2. The molecule has 1 saturated carbocycles. The first kappa shape index (κ1) is 12.4. The van der Waals surface area contributed by atoms with Gasteiger partial charge in [0.25, 0.3) is 0 Å². The molecule has 1 aliphatic carbocycles. The van der Waals surface area contributed by atoms with Crippen LogP contribution in [-0.4, -0.2) is 50.5 Å². The van der Waals surface area contributed by atoms with E-state index >= 15 is 0 Å². The van der Waals surface area contributed by atoms with Crippen LogP contribution in [0.1, 0.15) is 25.7 Å². The largest absolute Gasteiger partial charge is 0.380 e. The highest BCUT2D eigenvalue weighted by Gasteiger charge is 2.42. The number of hydrogen-bond donors (Lipinski definition) is 2. The Morgan fingerprint density at radius 1 is 1.39 bits per heavy atom. The Balaban J connectivity index is 1.51. The molecule has 2 N–H and O–H groups in total. The van der Waals surface area contributed by atoms with Gasteiger partial charge >= 0.3 is 0 Å². The highest BCUT2D eigenvalue weighted by Crippen LogP contribution is 2.38. The fraction of sp³-hybridized carbons (Fsp3) is 0.923. The minimum absolute atomic E-state index is 0.101. The average molecular weight is 254 g/mol. The van der Waals surface area contributed by atoms with Gasteiger partial charge in [0.1, 0.15) is 0 Å². The summed E-state index contributed by atoms with van der Waals surface area (Å²) in [6, 6.07) is 0.115. The number of methoxy groups -OCH3 is 1. The zero-order valence-electron chi connectivity index (χ0n) is 10.9. The minimum Gasteiger partial charge on any atom is -0.380 e. The summed E-state index contributed by atoms with van der Waals surface area (Å²) in [5.41, 5.74) is 0. The Kier molecular flexibility index (Phi) is 3.54. The summed E-state index contributed by atoms with van der Waals surface area (Å²) in [5.74, 6) is 0.789. The minimum atomic E-state index is -0.101. The number of rotatable bonds is 4. The van der Waals surface area contributed by atoms with Crippen molar-refractivity contribution in [3.8, 4) is 0 Å². The normalized spacial score (nSPS) is 40.1. The predicted molar refractivity (Wildman–Crippen MR) is 66.2 cm³/mol. The Bertz CT molecular complexity index is 319. The van der Waals surface area contributed by atoms with Crippen LogP contribution in [0.15, 0.2) is 0 Å². The lowest BCUT2D eigenvalue weighted by molar-refractivity contribution is -0.124. The van der Waals surface area contributed by atoms with E-state index in [2.05, 4.69) is 10.6 Å². The van der Waals surface area contributed by atoms with Gasteiger partial charge in [-0.05, 0) is 31.6 Å². The van der Waals surface area contributed by atoms with Crippen molar-refractivity contribution in [1.82, 2.24) is 10.6 Å². The smallest absolute Gasteiger partial charge is 0.237 e. The van der Waals surface area contributed by atoms with Crippen LogP contribution in [0.25, 0.3) is 0 Å². The molecule has 4 unspecified atom stereocenters. The molecule has 0 aromatic carbocycles. The number of nitrogens with one attached hydrogen (secondary N) is 2. The molecule has 2 heterocycles. The third-order valence-corrected chi connectivity index (χ3v) is 4.29. The van der Waals surface area contributed by atoms with Crippen LogP contribution in [0.5, 0.6) is 0 Å². The highest BCUT2D eigenvalue weighted by atomic mass is 16.5. The molecular weight excluding hydrogens is 232 g/mol. The van der Waals surface area contributed by atoms with E-state index < -0.39 is 0 Å². The summed E-state index contributed by atoms with van der Waals surface area (Å²) in [5, 5.41) is 6.37. The lowest BCUT2D eigenvalue weighted by atomic mass is 10.1. The quantitative estimate of drug-likeness (QED) is 0.744. The summed E-state index contributed by atoms with van der Waals surface area (Å²) in [6.45, 7) is 1.55. The van der Waals surface area contributed by atoms with Gasteiger partial charge in [-0.1, -0.05) is 0 Å². The molecule has 1 amide bonds. The Hall–Kier alpha value is -0.650. The van der Waals surface area contributed by atoms with Crippen molar-refractivity contribution < 1.29 is 14.3 Å². The Morgan fingerprint density at radius 3 is 2.89 bits per heavy atom. The fourth-order valence-corrected chi connectivity index (χ4v) is 3.02. The molecule has 5 nitrogen and oxygen atoms in total. The first-order valence-corrected chi connectivity index (χ1v) is 6.96. The van der Waals surface area contributed by atoms with E-state index in [1.807, 2.05) is 0 Å². The van der Waals surface area contributed by atoms with Crippen LogP contribution in [0, 0.1) is 5.92 Å². The van der Waals surface area contributed by atoms with Gasteiger partial charge in [-0.3, -0.25) is 4.79 Å². The van der Waals surface area contributed by atoms with E-state index in [1.54, 1.807) is 7.11 Å². The maximum Gasteiger partial charge on any atom is 0.237 e. The molecule has 0 spiro atoms. The van der Waals surface area contributed by atoms with E-state index in [-0.39, 0.29) is 30.2 Å². The van der Waals surface area contributed by atoms with Crippen molar-refractivity contribution in [2.45, 2.75) is 50.0 Å². The molecule has 0 aromatic rings. The second kappa shape index (κ2) is 5.15. The van der Waals surface area contributed by atoms with Crippen LogP contribution in [0.2, 0.25) is 0 Å². The molecule has 102 valence electrons. The molecule has 18 heavy (non-hydrogen) atoms. The molecule has 3 aliphatic rings. The first-order chi connectivity index (χ1) is 8.78. The van der Waals surface area contributed by atoms with Crippen molar-refractivity contribution in [3.05, 3.63) is 0 Å². The summed E-state index contributed by atoms with van der Waals surface area (Å²) in [4.78, 5) is 12.2. The van der Waals surface area contributed by atoms with Gasteiger partial charge in [-0.25, -0.2) is 0 Å². The molecule has 4 atom stereocenters. The second-order valence-corrected chi connectivity index (χ2v) is 5.63. The summed E-state index contributed by atoms with van der Waals surface area (Å²) in [6.07, 6.45) is 4.65. The average Bonchev–Trinajstić information content (AvgIpc) is 2.93. The molecule has 0 radical (unpaired) electrons. The SMILES string of the molecule is COC1CNC(C(=O)NC2CCOC2C2CC2)C1. The molecule has 2 saturated heterocycles. The van der Waals surface area contributed by atoms with Crippen molar-refractivity contribution in [1.29, 1.82) is 0 Å². The summed E-state index contributed by atoms with van der Waals surface area (Å²) < 4.78 is 11.0. The predicted octanol–water partition coefficient (Wildman–Crippen LogP) is 0.0470. The monoisotopic (exact) mass is 254 g/mol. The van der Waals surface area contributed by atoms with Gasteiger partial charge in [0.2, 0.25) is 5.91 Å². The van der Waals surface area contributed by atoms with Gasteiger partial charge in [0.15, 0.2) is 0 Å². The van der Waals surface area contributed by atoms with Crippen molar-refractivity contribution in [2.75, 3.05) is 20.3 Å². The van der Waals surface area contributed by atoms with Crippen molar-refractivity contribution >= 4 is 5.91 Å². The third kappa shape index (κ3) is 2.53. The fourth-order valence-electron chi connectivity index (χ4n) is 3.02. The number of hydrogen-bond acceptors (Lipinski definition) is 4. The first-order valence-electron chi connectivity index (χ1n) is 6.96. The van der Waals surface area contributed by atoms with Crippen LogP contribution in [-0.2, 0) is 14.3 Å². The van der Waals surface area contributed by atoms with Crippen LogP contribution in [0.3, 0.4) is 0 Å². The second-order valence-electron chi connectivity index (χ2n) is 5.63. The molecule has 0 aromatic heterocycles. The number of carbonyl (C=O) groups is 1. The molecule has 3 rings (SSSR count). The van der Waals surface area contributed by atoms with Crippen LogP contribution in [0.4, 0.5) is 0 Å². The number of amides is 1. The highest BCUT2D eigenvalue weighted by molar-refractivity contribution is 5.82. The zero-order valence-corrected chi connectivity index (χ0v) is 10.9. The standard InChI is InChI=1S/C13H22N2O3/c1-17-9-6-11(14-7-9)13(16)15-10-4-5-18-12(10)8-2-3-8/h8-12,14H,2-7H2,1H3,(H,15,16).